The van der Waals surface area contributed by atoms with Gasteiger partial charge in [-0.15, -0.1) is 11.3 Å². The molecule has 1 amide bonds. The van der Waals surface area contributed by atoms with Crippen molar-refractivity contribution in [3.05, 3.63) is 45.7 Å². The summed E-state index contributed by atoms with van der Waals surface area (Å²) < 4.78 is 0. The Hall–Kier alpha value is -1.79. The summed E-state index contributed by atoms with van der Waals surface area (Å²) in [7, 11) is 1.94. The summed E-state index contributed by atoms with van der Waals surface area (Å²) in [5, 5.41) is 4.09. The van der Waals surface area contributed by atoms with Crippen molar-refractivity contribution >= 4 is 17.2 Å². The van der Waals surface area contributed by atoms with E-state index in [1.54, 1.807) is 23.7 Å². The number of pyridine rings is 1. The van der Waals surface area contributed by atoms with Gasteiger partial charge >= 0.3 is 0 Å². The molecule has 0 saturated heterocycles. The van der Waals surface area contributed by atoms with E-state index in [2.05, 4.69) is 29.1 Å². The lowest BCUT2D eigenvalue weighted by Gasteiger charge is -2.19. The molecule has 5 nitrogen and oxygen atoms in total. The molecule has 1 unspecified atom stereocenters. The van der Waals surface area contributed by atoms with Crippen LogP contribution in [-0.4, -0.2) is 34.4 Å². The lowest BCUT2D eigenvalue weighted by Crippen LogP contribution is -2.36. The summed E-state index contributed by atoms with van der Waals surface area (Å²) in [5.41, 5.74) is 2.20. The van der Waals surface area contributed by atoms with Crippen molar-refractivity contribution < 1.29 is 4.79 Å². The van der Waals surface area contributed by atoms with E-state index in [-0.39, 0.29) is 11.9 Å². The zero-order chi connectivity index (χ0) is 16.8. The number of aryl methyl sites for hydroxylation is 2. The molecule has 0 aliphatic carbocycles. The molecule has 0 fully saturated rings. The van der Waals surface area contributed by atoms with Crippen LogP contribution in [0.4, 0.5) is 0 Å². The predicted octanol–water partition coefficient (Wildman–Crippen LogP) is 2.85. The molecule has 0 radical (unpaired) electrons. The number of hydrogen-bond donors (Lipinski definition) is 1. The molecule has 2 aromatic heterocycles. The molecule has 2 rings (SSSR count). The fourth-order valence-corrected chi connectivity index (χ4v) is 3.38. The smallest absolute Gasteiger partial charge is 0.234 e. The van der Waals surface area contributed by atoms with E-state index in [0.29, 0.717) is 6.54 Å². The molecule has 0 spiro atoms. The van der Waals surface area contributed by atoms with Gasteiger partial charge in [-0.25, -0.2) is 4.98 Å². The molecular weight excluding hydrogens is 308 g/mol. The van der Waals surface area contributed by atoms with Crippen LogP contribution >= 0.6 is 11.3 Å². The Morgan fingerprint density at radius 2 is 2.04 bits per heavy atom. The average molecular weight is 332 g/mol. The minimum atomic E-state index is -0.00535. The van der Waals surface area contributed by atoms with Crippen LogP contribution in [-0.2, 0) is 11.3 Å². The molecule has 0 aliphatic heterocycles. The van der Waals surface area contributed by atoms with Crippen molar-refractivity contribution in [1.29, 1.82) is 0 Å². The highest BCUT2D eigenvalue weighted by Crippen LogP contribution is 2.24. The maximum atomic E-state index is 12.3. The summed E-state index contributed by atoms with van der Waals surface area (Å²) >= 11 is 1.66. The maximum absolute atomic E-state index is 12.3. The maximum Gasteiger partial charge on any atom is 0.234 e. The number of aromatic nitrogens is 2. The van der Waals surface area contributed by atoms with Crippen LogP contribution < -0.4 is 5.32 Å². The number of hydrogen-bond acceptors (Lipinski definition) is 5. The Balaban J connectivity index is 1.89. The van der Waals surface area contributed by atoms with E-state index in [1.165, 1.54) is 4.88 Å². The Morgan fingerprint density at radius 1 is 1.35 bits per heavy atom. The highest BCUT2D eigenvalue weighted by molar-refractivity contribution is 7.11. The van der Waals surface area contributed by atoms with Crippen molar-refractivity contribution in [2.45, 2.75) is 39.8 Å². The first-order chi connectivity index (χ1) is 11.0. The van der Waals surface area contributed by atoms with Crippen LogP contribution in [0.1, 0.15) is 40.5 Å². The molecular formula is C17H24N4OS. The van der Waals surface area contributed by atoms with E-state index in [4.69, 9.17) is 0 Å². The Morgan fingerprint density at radius 3 is 2.61 bits per heavy atom. The first kappa shape index (κ1) is 17.6. The first-order valence-electron chi connectivity index (χ1n) is 7.80. The summed E-state index contributed by atoms with van der Waals surface area (Å²) in [5.74, 6) is 0.0268. The first-order valence-corrected chi connectivity index (χ1v) is 8.62. The van der Waals surface area contributed by atoms with E-state index < -0.39 is 0 Å². The van der Waals surface area contributed by atoms with Crippen LogP contribution in [0.3, 0.4) is 0 Å². The molecule has 1 atom stereocenters. The number of carbonyl (C=O) groups is 1. The zero-order valence-electron chi connectivity index (χ0n) is 14.2. The van der Waals surface area contributed by atoms with Crippen molar-refractivity contribution in [2.75, 3.05) is 13.6 Å². The fraction of sp³-hybridized carbons (Fsp3) is 0.471. The number of carbonyl (C=O) groups excluding carboxylic acids is 1. The Labute approximate surface area is 141 Å². The number of likely N-dealkylation sites (N-methyl/N-ethyl adjacent to an activating group) is 1. The lowest BCUT2D eigenvalue weighted by molar-refractivity contribution is -0.122. The van der Waals surface area contributed by atoms with Gasteiger partial charge in [-0.05, 0) is 45.0 Å². The summed E-state index contributed by atoms with van der Waals surface area (Å²) in [6, 6.07) is 3.92. The topological polar surface area (TPSA) is 58.1 Å². The van der Waals surface area contributed by atoms with E-state index in [1.807, 2.05) is 31.0 Å². The van der Waals surface area contributed by atoms with Crippen LogP contribution in [0.25, 0.3) is 0 Å². The quantitative estimate of drug-likeness (QED) is 0.847. The van der Waals surface area contributed by atoms with Gasteiger partial charge in [0.2, 0.25) is 5.91 Å². The van der Waals surface area contributed by atoms with E-state index in [9.17, 15) is 4.79 Å². The van der Waals surface area contributed by atoms with Gasteiger partial charge in [0.25, 0.3) is 0 Å². The number of amides is 1. The predicted molar refractivity (Wildman–Crippen MR) is 93.3 cm³/mol. The SMILES string of the molecule is CCC(NC(=O)CN(C)Cc1ccncc1)c1nc(C)c(C)s1. The largest absolute Gasteiger partial charge is 0.346 e. The van der Waals surface area contributed by atoms with Crippen LogP contribution in [0.5, 0.6) is 0 Å². The van der Waals surface area contributed by atoms with E-state index in [0.717, 1.165) is 29.2 Å². The summed E-state index contributed by atoms with van der Waals surface area (Å²) in [4.78, 5) is 24.1. The molecule has 124 valence electrons. The molecule has 0 aliphatic rings. The van der Waals surface area contributed by atoms with Gasteiger partial charge in [-0.1, -0.05) is 6.92 Å². The van der Waals surface area contributed by atoms with Crippen LogP contribution in [0.15, 0.2) is 24.5 Å². The van der Waals surface area contributed by atoms with Gasteiger partial charge in [-0.2, -0.15) is 0 Å². The Kier molecular flexibility index (Phi) is 6.24. The van der Waals surface area contributed by atoms with Gasteiger partial charge in [0.05, 0.1) is 18.3 Å². The zero-order valence-corrected chi connectivity index (χ0v) is 15.0. The number of rotatable bonds is 7. The third kappa shape index (κ3) is 5.11. The fourth-order valence-electron chi connectivity index (χ4n) is 2.33. The second-order valence-corrected chi connectivity index (χ2v) is 6.98. The molecule has 0 bridgehead atoms. The molecule has 2 heterocycles. The molecule has 2 aromatic rings. The number of nitrogens with one attached hydrogen (secondary N) is 1. The van der Waals surface area contributed by atoms with Crippen molar-refractivity contribution in [2.24, 2.45) is 0 Å². The highest BCUT2D eigenvalue weighted by Gasteiger charge is 2.18. The summed E-state index contributed by atoms with van der Waals surface area (Å²) in [6.07, 6.45) is 4.37. The highest BCUT2D eigenvalue weighted by atomic mass is 32.1. The standard InChI is InChI=1S/C17H24N4OS/c1-5-15(17-19-12(2)13(3)23-17)20-16(22)11-21(4)10-14-6-8-18-9-7-14/h6-9,15H,5,10-11H2,1-4H3,(H,20,22). The third-order valence-electron chi connectivity index (χ3n) is 3.70. The van der Waals surface area contributed by atoms with E-state index >= 15 is 0 Å². The second kappa shape index (κ2) is 8.17. The van der Waals surface area contributed by atoms with Crippen LogP contribution in [0, 0.1) is 13.8 Å². The molecule has 0 saturated carbocycles. The van der Waals surface area contributed by atoms with Crippen molar-refractivity contribution in [1.82, 2.24) is 20.2 Å². The van der Waals surface area contributed by atoms with Crippen molar-refractivity contribution in [3.63, 3.8) is 0 Å². The van der Waals surface area contributed by atoms with Crippen LogP contribution in [0.2, 0.25) is 0 Å². The van der Waals surface area contributed by atoms with Gasteiger partial charge in [0.1, 0.15) is 5.01 Å². The second-order valence-electron chi connectivity index (χ2n) is 5.75. The lowest BCUT2D eigenvalue weighted by atomic mass is 10.2. The minimum absolute atomic E-state index is 0.00535. The minimum Gasteiger partial charge on any atom is -0.346 e. The monoisotopic (exact) mass is 332 g/mol. The molecule has 1 N–H and O–H groups in total. The third-order valence-corrected chi connectivity index (χ3v) is 4.89. The van der Waals surface area contributed by atoms with Gasteiger partial charge < -0.3 is 5.32 Å². The van der Waals surface area contributed by atoms with Crippen molar-refractivity contribution in [3.8, 4) is 0 Å². The van der Waals surface area contributed by atoms with Gasteiger partial charge in [-0.3, -0.25) is 14.7 Å². The number of thiazole rings is 1. The number of nitrogens with zero attached hydrogens (tertiary/aromatic N) is 3. The normalized spacial score (nSPS) is 12.4. The molecule has 0 aromatic carbocycles. The summed E-state index contributed by atoms with van der Waals surface area (Å²) in [6.45, 7) is 7.22. The molecule has 23 heavy (non-hydrogen) atoms. The Bertz CT molecular complexity index is 622. The average Bonchev–Trinajstić information content (AvgIpc) is 2.85. The van der Waals surface area contributed by atoms with Gasteiger partial charge in [0, 0.05) is 23.8 Å². The molecule has 6 heteroatoms. The van der Waals surface area contributed by atoms with Gasteiger partial charge in [0.15, 0.2) is 0 Å².